The van der Waals surface area contributed by atoms with Gasteiger partial charge in [-0.25, -0.2) is 9.59 Å². The lowest BCUT2D eigenvalue weighted by atomic mass is 10.0. The van der Waals surface area contributed by atoms with Gasteiger partial charge in [0.25, 0.3) is 5.91 Å². The summed E-state index contributed by atoms with van der Waals surface area (Å²) in [5.74, 6) is -1.62. The zero-order chi connectivity index (χ0) is 20.7. The minimum atomic E-state index is -0.697. The third-order valence-electron chi connectivity index (χ3n) is 4.48. The molecular weight excluding hydrogens is 360 g/mol. The average molecular weight is 386 g/mol. The maximum Gasteiger partial charge on any atom is 0.355 e. The summed E-state index contributed by atoms with van der Waals surface area (Å²) >= 11 is 0. The Morgan fingerprint density at radius 3 is 2.39 bits per heavy atom. The van der Waals surface area contributed by atoms with Crippen molar-refractivity contribution in [3.05, 3.63) is 58.4 Å². The summed E-state index contributed by atoms with van der Waals surface area (Å²) in [4.78, 5) is 39.3. The zero-order valence-corrected chi connectivity index (χ0v) is 16.6. The van der Waals surface area contributed by atoms with Crippen LogP contribution in [0, 0.1) is 13.8 Å². The molecule has 0 radical (unpaired) electrons. The minimum Gasteiger partial charge on any atom is -0.465 e. The van der Waals surface area contributed by atoms with Gasteiger partial charge in [-0.05, 0) is 31.4 Å². The highest BCUT2D eigenvalue weighted by atomic mass is 16.5. The van der Waals surface area contributed by atoms with Crippen LogP contribution in [0.1, 0.15) is 63.5 Å². The minimum absolute atomic E-state index is 0.138. The fourth-order valence-electron chi connectivity index (χ4n) is 3.10. The molecule has 28 heavy (non-hydrogen) atoms. The largest absolute Gasteiger partial charge is 0.465 e. The molecule has 2 rings (SSSR count). The van der Waals surface area contributed by atoms with E-state index in [9.17, 15) is 14.4 Å². The van der Waals surface area contributed by atoms with Crippen molar-refractivity contribution in [2.45, 2.75) is 39.7 Å². The van der Waals surface area contributed by atoms with Crippen molar-refractivity contribution in [2.75, 3.05) is 13.7 Å². The zero-order valence-electron chi connectivity index (χ0n) is 16.6. The van der Waals surface area contributed by atoms with Crippen LogP contribution in [0.2, 0.25) is 0 Å². The first kappa shape index (κ1) is 21.2. The van der Waals surface area contributed by atoms with Gasteiger partial charge in [0.05, 0.1) is 18.7 Å². The van der Waals surface area contributed by atoms with E-state index in [0.717, 1.165) is 18.4 Å². The average Bonchev–Trinajstić information content (AvgIpc) is 3.00. The molecule has 0 saturated heterocycles. The number of methoxy groups -OCH3 is 1. The number of carbonyl (C=O) groups is 3. The fraction of sp³-hybridized carbons (Fsp3) is 0.381. The summed E-state index contributed by atoms with van der Waals surface area (Å²) in [7, 11) is 1.27. The summed E-state index contributed by atoms with van der Waals surface area (Å²) in [5, 5.41) is 2.90. The van der Waals surface area contributed by atoms with Crippen molar-refractivity contribution in [3.63, 3.8) is 0 Å². The quantitative estimate of drug-likeness (QED) is 0.679. The van der Waals surface area contributed by atoms with Crippen LogP contribution in [0.5, 0.6) is 0 Å². The molecular formula is C21H26N2O5. The van der Waals surface area contributed by atoms with E-state index in [-0.39, 0.29) is 17.6 Å². The van der Waals surface area contributed by atoms with Crippen molar-refractivity contribution in [2.24, 2.45) is 0 Å². The van der Waals surface area contributed by atoms with Crippen molar-refractivity contribution >= 4 is 17.8 Å². The Balaban J connectivity index is 2.00. The van der Waals surface area contributed by atoms with Gasteiger partial charge in [-0.1, -0.05) is 43.7 Å². The molecule has 0 spiro atoms. The van der Waals surface area contributed by atoms with Crippen LogP contribution in [0.3, 0.4) is 0 Å². The Bertz CT molecular complexity index is 842. The number of ether oxygens (including phenoxy) is 2. The number of benzene rings is 1. The van der Waals surface area contributed by atoms with Gasteiger partial charge in [0, 0.05) is 5.69 Å². The second-order valence-corrected chi connectivity index (χ2v) is 6.51. The summed E-state index contributed by atoms with van der Waals surface area (Å²) in [5.41, 5.74) is 2.38. The first-order valence-corrected chi connectivity index (χ1v) is 9.17. The molecule has 1 aromatic carbocycles. The van der Waals surface area contributed by atoms with E-state index in [1.165, 1.54) is 7.11 Å². The van der Waals surface area contributed by atoms with Crippen molar-refractivity contribution in [1.82, 2.24) is 10.3 Å². The lowest BCUT2D eigenvalue weighted by molar-refractivity contribution is -0.125. The highest BCUT2D eigenvalue weighted by molar-refractivity contribution is 5.99. The Morgan fingerprint density at radius 2 is 1.79 bits per heavy atom. The molecule has 0 aliphatic rings. The van der Waals surface area contributed by atoms with Gasteiger partial charge < -0.3 is 19.8 Å². The monoisotopic (exact) mass is 386 g/mol. The molecule has 0 saturated carbocycles. The third-order valence-corrected chi connectivity index (χ3v) is 4.48. The molecule has 0 aliphatic heterocycles. The lowest BCUT2D eigenvalue weighted by Crippen LogP contribution is -2.32. The summed E-state index contributed by atoms with van der Waals surface area (Å²) in [6, 6.07) is 9.51. The molecule has 0 fully saturated rings. The number of amides is 1. The van der Waals surface area contributed by atoms with Crippen LogP contribution in [0.15, 0.2) is 30.3 Å². The lowest BCUT2D eigenvalue weighted by Gasteiger charge is -2.18. The summed E-state index contributed by atoms with van der Waals surface area (Å²) in [6.07, 6.45) is 1.68. The van der Waals surface area contributed by atoms with Gasteiger partial charge in [0.2, 0.25) is 0 Å². The number of H-pyrrole nitrogens is 1. The van der Waals surface area contributed by atoms with Gasteiger partial charge in [0.15, 0.2) is 6.61 Å². The van der Waals surface area contributed by atoms with E-state index in [1.807, 2.05) is 37.3 Å². The van der Waals surface area contributed by atoms with Gasteiger partial charge in [-0.15, -0.1) is 0 Å². The van der Waals surface area contributed by atoms with E-state index >= 15 is 0 Å². The fourth-order valence-corrected chi connectivity index (χ4v) is 3.10. The van der Waals surface area contributed by atoms with Gasteiger partial charge >= 0.3 is 11.9 Å². The van der Waals surface area contributed by atoms with E-state index in [2.05, 4.69) is 10.3 Å². The van der Waals surface area contributed by atoms with Crippen LogP contribution in [-0.4, -0.2) is 36.5 Å². The number of hydrogen-bond donors (Lipinski definition) is 2. The number of carbonyl (C=O) groups excluding carboxylic acids is 3. The second-order valence-electron chi connectivity index (χ2n) is 6.51. The topological polar surface area (TPSA) is 97.5 Å². The highest BCUT2D eigenvalue weighted by Gasteiger charge is 2.24. The van der Waals surface area contributed by atoms with Gasteiger partial charge in [-0.2, -0.15) is 0 Å². The molecule has 1 amide bonds. The number of rotatable bonds is 8. The Morgan fingerprint density at radius 1 is 1.11 bits per heavy atom. The van der Waals surface area contributed by atoms with E-state index in [4.69, 9.17) is 9.47 Å². The predicted molar refractivity (Wildman–Crippen MR) is 104 cm³/mol. The number of aromatic amines is 1. The molecule has 0 aliphatic carbocycles. The van der Waals surface area contributed by atoms with Crippen molar-refractivity contribution < 1.29 is 23.9 Å². The Kier molecular flexibility index (Phi) is 7.37. The number of esters is 2. The number of aryl methyl sites for hydroxylation is 1. The van der Waals surface area contributed by atoms with E-state index < -0.39 is 18.5 Å². The molecule has 1 atom stereocenters. The molecule has 2 aromatic rings. The maximum atomic E-state index is 12.3. The third kappa shape index (κ3) is 5.00. The van der Waals surface area contributed by atoms with Crippen LogP contribution < -0.4 is 5.32 Å². The summed E-state index contributed by atoms with van der Waals surface area (Å²) < 4.78 is 9.86. The normalized spacial score (nSPS) is 11.6. The molecule has 7 nitrogen and oxygen atoms in total. The molecule has 1 unspecified atom stereocenters. The number of nitrogens with one attached hydrogen (secondary N) is 2. The molecule has 0 bridgehead atoms. The smallest absolute Gasteiger partial charge is 0.355 e. The SMILES string of the molecule is CCCC(NC(=O)COC(=O)c1[nH]c(C)c(C(=O)OC)c1C)c1ccccc1. The molecule has 2 N–H and O–H groups in total. The standard InChI is InChI=1S/C21H26N2O5/c1-5-9-16(15-10-7-6-8-11-15)23-17(24)12-28-21(26)19-13(2)18(14(3)22-19)20(25)27-4/h6-8,10-11,16,22H,5,9,12H2,1-4H3,(H,23,24). The van der Waals surface area contributed by atoms with Crippen LogP contribution in [0.4, 0.5) is 0 Å². The first-order valence-electron chi connectivity index (χ1n) is 9.17. The predicted octanol–water partition coefficient (Wildman–Crippen LogP) is 3.23. The van der Waals surface area contributed by atoms with Crippen LogP contribution in [-0.2, 0) is 14.3 Å². The Hall–Kier alpha value is -3.09. The van der Waals surface area contributed by atoms with Crippen molar-refractivity contribution in [3.8, 4) is 0 Å². The van der Waals surface area contributed by atoms with Crippen molar-refractivity contribution in [1.29, 1.82) is 0 Å². The molecule has 150 valence electrons. The van der Waals surface area contributed by atoms with E-state index in [0.29, 0.717) is 16.8 Å². The van der Waals surface area contributed by atoms with Gasteiger partial charge in [0.1, 0.15) is 5.69 Å². The summed E-state index contributed by atoms with van der Waals surface area (Å²) in [6.45, 7) is 4.92. The van der Waals surface area contributed by atoms with E-state index in [1.54, 1.807) is 13.8 Å². The van der Waals surface area contributed by atoms with Gasteiger partial charge in [-0.3, -0.25) is 4.79 Å². The van der Waals surface area contributed by atoms with Crippen LogP contribution in [0.25, 0.3) is 0 Å². The molecule has 1 aromatic heterocycles. The maximum absolute atomic E-state index is 12.3. The molecule has 1 heterocycles. The second kappa shape index (κ2) is 9.73. The number of aromatic nitrogens is 1. The molecule has 7 heteroatoms. The Labute approximate surface area is 164 Å². The van der Waals surface area contributed by atoms with Crippen LogP contribution >= 0.6 is 0 Å². The first-order chi connectivity index (χ1) is 13.4. The number of hydrogen-bond acceptors (Lipinski definition) is 5. The highest BCUT2D eigenvalue weighted by Crippen LogP contribution is 2.20.